The number of hydrogen-bond donors (Lipinski definition) is 1. The highest BCUT2D eigenvalue weighted by molar-refractivity contribution is 7.99. The van der Waals surface area contributed by atoms with Crippen molar-refractivity contribution in [1.82, 2.24) is 15.3 Å². The Bertz CT molecular complexity index is 620. The third-order valence-electron chi connectivity index (χ3n) is 2.82. The van der Waals surface area contributed by atoms with E-state index in [9.17, 15) is 5.26 Å². The molecule has 0 spiro atoms. The second-order valence-corrected chi connectivity index (χ2v) is 6.18. The minimum Gasteiger partial charge on any atom is -0.312 e. The monoisotopic (exact) mass is 298 g/mol. The maximum atomic E-state index is 9.32. The van der Waals surface area contributed by atoms with Gasteiger partial charge in [-0.15, -0.1) is 0 Å². The molecule has 5 heteroatoms. The van der Waals surface area contributed by atoms with Crippen LogP contribution in [0.5, 0.6) is 0 Å². The van der Waals surface area contributed by atoms with Gasteiger partial charge in [-0.05, 0) is 36.2 Å². The summed E-state index contributed by atoms with van der Waals surface area (Å²) in [7, 11) is 0. The van der Waals surface area contributed by atoms with Crippen LogP contribution in [0.25, 0.3) is 0 Å². The van der Waals surface area contributed by atoms with Crippen LogP contribution in [-0.4, -0.2) is 16.5 Å². The molecule has 0 saturated carbocycles. The number of nitrogens with zero attached hydrogens (tertiary/aromatic N) is 3. The first-order valence-corrected chi connectivity index (χ1v) is 7.68. The zero-order valence-electron chi connectivity index (χ0n) is 12.2. The molecule has 0 aliphatic carbocycles. The van der Waals surface area contributed by atoms with Crippen molar-refractivity contribution in [3.05, 3.63) is 47.9 Å². The third-order valence-corrected chi connectivity index (χ3v) is 3.84. The van der Waals surface area contributed by atoms with Gasteiger partial charge in [0.2, 0.25) is 0 Å². The van der Waals surface area contributed by atoms with E-state index in [1.54, 1.807) is 6.20 Å². The summed E-state index contributed by atoms with van der Waals surface area (Å²) in [5.74, 6) is 0.619. The van der Waals surface area contributed by atoms with Crippen LogP contribution in [0.4, 0.5) is 0 Å². The maximum Gasteiger partial charge on any atom is 0.116 e. The molecule has 1 aromatic heterocycles. The Morgan fingerprint density at radius 1 is 1.33 bits per heavy atom. The Hall–Kier alpha value is -1.90. The van der Waals surface area contributed by atoms with Gasteiger partial charge in [0.1, 0.15) is 17.4 Å². The van der Waals surface area contributed by atoms with Crippen LogP contribution in [0.3, 0.4) is 0 Å². The highest BCUT2D eigenvalue weighted by atomic mass is 32.2. The highest BCUT2D eigenvalue weighted by Crippen LogP contribution is 2.29. The number of hydrogen-bond acceptors (Lipinski definition) is 5. The van der Waals surface area contributed by atoms with Crippen molar-refractivity contribution >= 4 is 11.8 Å². The predicted molar refractivity (Wildman–Crippen MR) is 83.9 cm³/mol. The maximum absolute atomic E-state index is 9.32. The number of nitriles is 1. The molecular weight excluding hydrogens is 280 g/mol. The fourth-order valence-electron chi connectivity index (χ4n) is 1.82. The van der Waals surface area contributed by atoms with E-state index in [1.165, 1.54) is 18.1 Å². The van der Waals surface area contributed by atoms with Gasteiger partial charge in [-0.2, -0.15) is 5.26 Å². The summed E-state index contributed by atoms with van der Waals surface area (Å²) in [4.78, 5) is 8.99. The smallest absolute Gasteiger partial charge is 0.116 e. The van der Waals surface area contributed by atoms with Crippen LogP contribution in [-0.2, 0) is 6.54 Å². The van der Waals surface area contributed by atoms with Crippen LogP contribution < -0.4 is 5.32 Å². The number of benzene rings is 1. The fourth-order valence-corrected chi connectivity index (χ4v) is 2.62. The first-order chi connectivity index (χ1) is 10.2. The van der Waals surface area contributed by atoms with Gasteiger partial charge in [-0.1, -0.05) is 31.7 Å². The van der Waals surface area contributed by atoms with Crippen LogP contribution >= 0.6 is 11.8 Å². The van der Waals surface area contributed by atoms with Gasteiger partial charge in [-0.25, -0.2) is 9.97 Å². The van der Waals surface area contributed by atoms with Gasteiger partial charge in [0.15, 0.2) is 0 Å². The Morgan fingerprint density at radius 2 is 2.19 bits per heavy atom. The first kappa shape index (κ1) is 15.5. The van der Waals surface area contributed by atoms with Crippen LogP contribution in [0, 0.1) is 17.2 Å². The standard InChI is InChI=1S/C16H18N4S/c1-12(2)9-19-10-13-3-4-15(14(7-13)8-17)21-16-5-6-18-11-20-16/h3-7,11-12,19H,9-10H2,1-2H3. The van der Waals surface area contributed by atoms with Crippen molar-refractivity contribution < 1.29 is 0 Å². The molecule has 2 aromatic rings. The summed E-state index contributed by atoms with van der Waals surface area (Å²) >= 11 is 1.48. The fraction of sp³-hybridized carbons (Fsp3) is 0.312. The minimum absolute atomic E-state index is 0.619. The van der Waals surface area contributed by atoms with E-state index in [0.29, 0.717) is 11.5 Å². The average molecular weight is 298 g/mol. The zero-order chi connectivity index (χ0) is 15.1. The van der Waals surface area contributed by atoms with Gasteiger partial charge in [0.05, 0.1) is 5.56 Å². The molecule has 0 fully saturated rings. The molecular formula is C16H18N4S. The molecule has 4 nitrogen and oxygen atoms in total. The van der Waals surface area contributed by atoms with Gasteiger partial charge in [-0.3, -0.25) is 0 Å². The van der Waals surface area contributed by atoms with Gasteiger partial charge in [0, 0.05) is 17.6 Å². The molecule has 1 heterocycles. The summed E-state index contributed by atoms with van der Waals surface area (Å²) in [5.41, 5.74) is 1.81. The van der Waals surface area contributed by atoms with E-state index >= 15 is 0 Å². The summed E-state index contributed by atoms with van der Waals surface area (Å²) < 4.78 is 0. The topological polar surface area (TPSA) is 61.6 Å². The molecule has 0 aliphatic heterocycles. The van der Waals surface area contributed by atoms with Crippen LogP contribution in [0.2, 0.25) is 0 Å². The molecule has 2 rings (SSSR count). The molecule has 0 aliphatic rings. The van der Waals surface area contributed by atoms with Gasteiger partial charge in [0.25, 0.3) is 0 Å². The van der Waals surface area contributed by atoms with E-state index < -0.39 is 0 Å². The van der Waals surface area contributed by atoms with Crippen LogP contribution in [0.15, 0.2) is 46.7 Å². The minimum atomic E-state index is 0.619. The molecule has 0 atom stereocenters. The molecule has 1 N–H and O–H groups in total. The highest BCUT2D eigenvalue weighted by Gasteiger charge is 2.06. The lowest BCUT2D eigenvalue weighted by atomic mass is 10.1. The molecule has 1 aromatic carbocycles. The molecule has 0 amide bonds. The number of aromatic nitrogens is 2. The lowest BCUT2D eigenvalue weighted by molar-refractivity contribution is 0.552. The van der Waals surface area contributed by atoms with Crippen molar-refractivity contribution in [2.24, 2.45) is 5.92 Å². The molecule has 108 valence electrons. The molecule has 0 saturated heterocycles. The van der Waals surface area contributed by atoms with E-state index in [1.807, 2.05) is 18.2 Å². The van der Waals surface area contributed by atoms with Gasteiger partial charge < -0.3 is 5.32 Å². The summed E-state index contributed by atoms with van der Waals surface area (Å²) in [6, 6.07) is 10.1. The van der Waals surface area contributed by atoms with E-state index in [0.717, 1.165) is 28.6 Å². The van der Waals surface area contributed by atoms with Crippen molar-refractivity contribution in [3.8, 4) is 6.07 Å². The quantitative estimate of drug-likeness (QED) is 0.830. The summed E-state index contributed by atoms with van der Waals surface area (Å²) in [6.45, 7) is 6.11. The Balaban J connectivity index is 2.08. The van der Waals surface area contributed by atoms with E-state index in [2.05, 4.69) is 41.3 Å². The predicted octanol–water partition coefficient (Wildman–Crippen LogP) is 3.25. The van der Waals surface area contributed by atoms with E-state index in [-0.39, 0.29) is 0 Å². The first-order valence-electron chi connectivity index (χ1n) is 6.86. The second-order valence-electron chi connectivity index (χ2n) is 5.12. The molecule has 0 unspecified atom stereocenters. The van der Waals surface area contributed by atoms with Crippen molar-refractivity contribution in [2.45, 2.75) is 30.3 Å². The normalized spacial score (nSPS) is 10.6. The Morgan fingerprint density at radius 3 is 2.86 bits per heavy atom. The molecule has 0 radical (unpaired) electrons. The average Bonchev–Trinajstić information content (AvgIpc) is 2.49. The Kier molecular flexibility index (Phi) is 5.73. The van der Waals surface area contributed by atoms with E-state index in [4.69, 9.17) is 0 Å². The summed E-state index contributed by atoms with van der Waals surface area (Å²) in [5, 5.41) is 13.5. The van der Waals surface area contributed by atoms with Crippen molar-refractivity contribution in [2.75, 3.05) is 6.54 Å². The SMILES string of the molecule is CC(C)CNCc1ccc(Sc2ccncn2)c(C#N)c1. The Labute approximate surface area is 129 Å². The lowest BCUT2D eigenvalue weighted by Gasteiger charge is -2.09. The largest absolute Gasteiger partial charge is 0.312 e. The van der Waals surface area contributed by atoms with Crippen molar-refractivity contribution in [3.63, 3.8) is 0 Å². The summed E-state index contributed by atoms with van der Waals surface area (Å²) in [6.07, 6.45) is 3.21. The molecule has 21 heavy (non-hydrogen) atoms. The zero-order valence-corrected chi connectivity index (χ0v) is 13.0. The van der Waals surface area contributed by atoms with Gasteiger partial charge >= 0.3 is 0 Å². The number of rotatable bonds is 6. The third kappa shape index (κ3) is 4.85. The van der Waals surface area contributed by atoms with Crippen molar-refractivity contribution in [1.29, 1.82) is 5.26 Å². The second kappa shape index (κ2) is 7.77. The lowest BCUT2D eigenvalue weighted by Crippen LogP contribution is -2.18. The molecule has 0 bridgehead atoms. The number of nitrogens with one attached hydrogen (secondary N) is 1. The van der Waals surface area contributed by atoms with Crippen LogP contribution in [0.1, 0.15) is 25.0 Å².